The number of halogens is 1. The first-order chi connectivity index (χ1) is 7.72. The summed E-state index contributed by atoms with van der Waals surface area (Å²) in [5.41, 5.74) is 1.12. The standard InChI is InChI=1S/C12H14BrNO2/c1-9(15)14-11(8-13)7-12(16-14)10-5-3-2-4-6-10/h2-6,11-12H,7-8H2,1H3/t11-,12-/m0/s1. The Morgan fingerprint density at radius 1 is 1.50 bits per heavy atom. The summed E-state index contributed by atoms with van der Waals surface area (Å²) < 4.78 is 0. The van der Waals surface area contributed by atoms with Crippen LogP contribution in [0.25, 0.3) is 0 Å². The van der Waals surface area contributed by atoms with Crippen molar-refractivity contribution in [2.24, 2.45) is 0 Å². The van der Waals surface area contributed by atoms with Crippen LogP contribution in [0, 0.1) is 0 Å². The number of amides is 1. The molecule has 86 valence electrons. The van der Waals surface area contributed by atoms with E-state index in [9.17, 15) is 4.79 Å². The lowest BCUT2D eigenvalue weighted by Crippen LogP contribution is -2.33. The zero-order valence-corrected chi connectivity index (χ0v) is 10.7. The molecule has 1 aliphatic heterocycles. The van der Waals surface area contributed by atoms with Crippen LogP contribution in [0.3, 0.4) is 0 Å². The highest BCUT2D eigenvalue weighted by Crippen LogP contribution is 2.33. The van der Waals surface area contributed by atoms with Crippen molar-refractivity contribution in [1.29, 1.82) is 0 Å². The molecule has 16 heavy (non-hydrogen) atoms. The molecule has 2 atom stereocenters. The van der Waals surface area contributed by atoms with Crippen LogP contribution in [0.1, 0.15) is 25.0 Å². The number of alkyl halides is 1. The van der Waals surface area contributed by atoms with Gasteiger partial charge in [-0.2, -0.15) is 0 Å². The van der Waals surface area contributed by atoms with E-state index in [0.717, 1.165) is 17.3 Å². The van der Waals surface area contributed by atoms with Crippen LogP contribution in [0.2, 0.25) is 0 Å². The highest BCUT2D eigenvalue weighted by atomic mass is 79.9. The number of carbonyl (C=O) groups excluding carboxylic acids is 1. The van der Waals surface area contributed by atoms with Crippen molar-refractivity contribution in [2.75, 3.05) is 5.33 Å². The molecule has 0 saturated carbocycles. The van der Waals surface area contributed by atoms with Crippen molar-refractivity contribution in [1.82, 2.24) is 5.06 Å². The molecule has 1 aliphatic rings. The lowest BCUT2D eigenvalue weighted by molar-refractivity contribution is -0.184. The number of rotatable bonds is 2. The third-order valence-corrected chi connectivity index (χ3v) is 3.47. The second-order valence-electron chi connectivity index (χ2n) is 3.89. The molecule has 1 fully saturated rings. The predicted octanol–water partition coefficient (Wildman–Crippen LogP) is 2.68. The predicted molar refractivity (Wildman–Crippen MR) is 65.0 cm³/mol. The maximum Gasteiger partial charge on any atom is 0.243 e. The molecule has 0 aromatic heterocycles. The first kappa shape index (κ1) is 11.6. The number of hydroxylamine groups is 2. The Labute approximate surface area is 103 Å². The van der Waals surface area contributed by atoms with Crippen LogP contribution in [0.4, 0.5) is 0 Å². The highest BCUT2D eigenvalue weighted by molar-refractivity contribution is 9.09. The molecule has 1 aromatic rings. The molecule has 0 spiro atoms. The second-order valence-corrected chi connectivity index (χ2v) is 4.54. The Kier molecular flexibility index (Phi) is 3.61. The third-order valence-electron chi connectivity index (χ3n) is 2.72. The molecule has 0 radical (unpaired) electrons. The van der Waals surface area contributed by atoms with Gasteiger partial charge in [0.15, 0.2) is 0 Å². The van der Waals surface area contributed by atoms with E-state index in [1.165, 1.54) is 12.0 Å². The minimum atomic E-state index is -0.0390. The van der Waals surface area contributed by atoms with E-state index in [2.05, 4.69) is 15.9 Å². The monoisotopic (exact) mass is 283 g/mol. The van der Waals surface area contributed by atoms with Crippen LogP contribution in [0.15, 0.2) is 30.3 Å². The second kappa shape index (κ2) is 4.97. The van der Waals surface area contributed by atoms with Gasteiger partial charge < -0.3 is 0 Å². The van der Waals surface area contributed by atoms with Gasteiger partial charge in [-0.3, -0.25) is 9.63 Å². The maximum atomic E-state index is 11.4. The van der Waals surface area contributed by atoms with Gasteiger partial charge in [0.05, 0.1) is 6.04 Å². The molecule has 0 N–H and O–H groups in total. The summed E-state index contributed by atoms with van der Waals surface area (Å²) in [5, 5.41) is 2.22. The molecule has 1 amide bonds. The fourth-order valence-electron chi connectivity index (χ4n) is 1.93. The highest BCUT2D eigenvalue weighted by Gasteiger charge is 2.35. The average Bonchev–Trinajstić information content (AvgIpc) is 2.74. The van der Waals surface area contributed by atoms with Crippen molar-refractivity contribution in [2.45, 2.75) is 25.5 Å². The van der Waals surface area contributed by atoms with Gasteiger partial charge in [0.25, 0.3) is 0 Å². The summed E-state index contributed by atoms with van der Waals surface area (Å²) in [4.78, 5) is 17.0. The molecule has 1 heterocycles. The van der Waals surface area contributed by atoms with Crippen LogP contribution in [-0.2, 0) is 9.63 Å². The number of nitrogens with zero attached hydrogens (tertiary/aromatic N) is 1. The van der Waals surface area contributed by atoms with Gasteiger partial charge >= 0.3 is 0 Å². The van der Waals surface area contributed by atoms with E-state index in [1.54, 1.807) is 0 Å². The molecular weight excluding hydrogens is 270 g/mol. The van der Waals surface area contributed by atoms with Crippen LogP contribution >= 0.6 is 15.9 Å². The molecule has 2 rings (SSSR count). The van der Waals surface area contributed by atoms with Gasteiger partial charge in [0.1, 0.15) is 6.10 Å². The normalized spacial score (nSPS) is 24.8. The van der Waals surface area contributed by atoms with Gasteiger partial charge in [-0.05, 0) is 5.56 Å². The first-order valence-electron chi connectivity index (χ1n) is 5.30. The lowest BCUT2D eigenvalue weighted by Gasteiger charge is -2.19. The van der Waals surface area contributed by atoms with Crippen molar-refractivity contribution < 1.29 is 9.63 Å². The summed E-state index contributed by atoms with van der Waals surface area (Å²) in [7, 11) is 0. The summed E-state index contributed by atoms with van der Waals surface area (Å²) >= 11 is 3.41. The minimum Gasteiger partial charge on any atom is -0.273 e. The van der Waals surface area contributed by atoms with Crippen molar-refractivity contribution >= 4 is 21.8 Å². The largest absolute Gasteiger partial charge is 0.273 e. The smallest absolute Gasteiger partial charge is 0.243 e. The van der Waals surface area contributed by atoms with E-state index in [1.807, 2.05) is 30.3 Å². The number of benzene rings is 1. The van der Waals surface area contributed by atoms with Crippen molar-refractivity contribution in [3.63, 3.8) is 0 Å². The zero-order chi connectivity index (χ0) is 11.5. The van der Waals surface area contributed by atoms with E-state index in [4.69, 9.17) is 4.84 Å². The molecule has 1 aromatic carbocycles. The SMILES string of the molecule is CC(=O)N1O[C@H](c2ccccc2)C[C@H]1CBr. The van der Waals surface area contributed by atoms with Crippen LogP contribution in [-0.4, -0.2) is 22.3 Å². The summed E-state index contributed by atoms with van der Waals surface area (Å²) in [6.07, 6.45) is 0.835. The van der Waals surface area contributed by atoms with Crippen molar-refractivity contribution in [3.05, 3.63) is 35.9 Å². The van der Waals surface area contributed by atoms with Gasteiger partial charge in [0, 0.05) is 18.7 Å². The Balaban J connectivity index is 2.14. The van der Waals surface area contributed by atoms with Crippen LogP contribution in [0.5, 0.6) is 0 Å². The number of hydrogen-bond acceptors (Lipinski definition) is 2. The number of carbonyl (C=O) groups is 1. The summed E-state index contributed by atoms with van der Waals surface area (Å²) in [6.45, 7) is 1.53. The molecule has 0 bridgehead atoms. The summed E-state index contributed by atoms with van der Waals surface area (Å²) in [5.74, 6) is -0.0390. The fraction of sp³-hybridized carbons (Fsp3) is 0.417. The molecular formula is C12H14BrNO2. The Morgan fingerprint density at radius 2 is 2.19 bits per heavy atom. The molecule has 1 saturated heterocycles. The Hall–Kier alpha value is -0.870. The fourth-order valence-corrected chi connectivity index (χ4v) is 2.46. The number of hydrogen-bond donors (Lipinski definition) is 0. The maximum absolute atomic E-state index is 11.4. The summed E-state index contributed by atoms with van der Waals surface area (Å²) in [6, 6.07) is 10.1. The zero-order valence-electron chi connectivity index (χ0n) is 9.10. The Bertz CT molecular complexity index is 369. The van der Waals surface area contributed by atoms with Gasteiger partial charge in [-0.15, -0.1) is 0 Å². The third kappa shape index (κ3) is 2.28. The molecule has 0 unspecified atom stereocenters. The van der Waals surface area contributed by atoms with Gasteiger partial charge in [0.2, 0.25) is 5.91 Å². The van der Waals surface area contributed by atoms with Crippen LogP contribution < -0.4 is 0 Å². The van der Waals surface area contributed by atoms with E-state index >= 15 is 0 Å². The Morgan fingerprint density at radius 3 is 2.69 bits per heavy atom. The quantitative estimate of drug-likeness (QED) is 0.781. The van der Waals surface area contributed by atoms with E-state index < -0.39 is 0 Å². The lowest BCUT2D eigenvalue weighted by atomic mass is 10.0. The van der Waals surface area contributed by atoms with Crippen molar-refractivity contribution in [3.8, 4) is 0 Å². The van der Waals surface area contributed by atoms with Gasteiger partial charge in [-0.25, -0.2) is 5.06 Å². The topological polar surface area (TPSA) is 29.5 Å². The van der Waals surface area contributed by atoms with E-state index in [0.29, 0.717) is 0 Å². The van der Waals surface area contributed by atoms with Gasteiger partial charge in [-0.1, -0.05) is 46.3 Å². The molecule has 0 aliphatic carbocycles. The van der Waals surface area contributed by atoms with E-state index in [-0.39, 0.29) is 18.1 Å². The molecule has 3 nitrogen and oxygen atoms in total. The molecule has 4 heteroatoms. The average molecular weight is 284 g/mol. The minimum absolute atomic E-state index is 0.00681. The first-order valence-corrected chi connectivity index (χ1v) is 6.42.